The second-order valence-corrected chi connectivity index (χ2v) is 4.08. The Balaban J connectivity index is 2.11. The molecule has 0 saturated carbocycles. The van der Waals surface area contributed by atoms with Crippen LogP contribution in [0.1, 0.15) is 0 Å². The first-order valence-corrected chi connectivity index (χ1v) is 5.79. The van der Waals surface area contributed by atoms with Gasteiger partial charge in [-0.1, -0.05) is 17.7 Å². The van der Waals surface area contributed by atoms with Gasteiger partial charge in [-0.15, -0.1) is 10.1 Å². The maximum absolute atomic E-state index is 11.9. The number of rotatable bonds is 5. The Labute approximate surface area is 122 Å². The van der Waals surface area contributed by atoms with Crippen LogP contribution in [0.3, 0.4) is 0 Å². The summed E-state index contributed by atoms with van der Waals surface area (Å²) in [6.45, 7) is -0.678. The van der Waals surface area contributed by atoms with Crippen LogP contribution in [0.4, 0.5) is 4.79 Å². The van der Waals surface area contributed by atoms with Gasteiger partial charge in [0, 0.05) is 5.02 Å². The summed E-state index contributed by atoms with van der Waals surface area (Å²) in [6.07, 6.45) is 0. The molecule has 1 aliphatic heterocycles. The fourth-order valence-electron chi connectivity index (χ4n) is 1.42. The zero-order valence-electron chi connectivity index (χ0n) is 10.2. The van der Waals surface area contributed by atoms with Crippen LogP contribution in [0.15, 0.2) is 34.3 Å². The number of hydrogen-bond acceptors (Lipinski definition) is 6. The summed E-state index contributed by atoms with van der Waals surface area (Å²) < 4.78 is 4.95. The molecule has 1 heterocycles. The summed E-state index contributed by atoms with van der Waals surface area (Å²) in [5, 5.41) is 9.38. The van der Waals surface area contributed by atoms with E-state index >= 15 is 0 Å². The minimum atomic E-state index is -1.08. The topological polar surface area (TPSA) is 120 Å². The summed E-state index contributed by atoms with van der Waals surface area (Å²) in [4.78, 5) is 43.8. The number of esters is 1. The van der Waals surface area contributed by atoms with Crippen molar-refractivity contribution in [2.24, 2.45) is 9.98 Å². The van der Waals surface area contributed by atoms with E-state index in [2.05, 4.69) is 14.8 Å². The lowest BCUT2D eigenvalue weighted by Crippen LogP contribution is -2.30. The minimum absolute atomic E-state index is 0.129. The first-order chi connectivity index (χ1) is 9.95. The number of halogens is 1. The Bertz CT molecular complexity index is 684. The summed E-state index contributed by atoms with van der Waals surface area (Å²) in [6, 6.07) is 5.01. The third-order valence-electron chi connectivity index (χ3n) is 2.22. The molecule has 0 fully saturated rings. The number of urea groups is 1. The van der Waals surface area contributed by atoms with Crippen LogP contribution in [-0.2, 0) is 9.63 Å². The summed E-state index contributed by atoms with van der Waals surface area (Å²) in [7, 11) is 0. The van der Waals surface area contributed by atoms with Gasteiger partial charge in [0.2, 0.25) is 0 Å². The zero-order valence-corrected chi connectivity index (χ0v) is 10.9. The lowest BCUT2D eigenvalue weighted by Gasteiger charge is -2.05. The monoisotopic (exact) mass is 311 g/mol. The van der Waals surface area contributed by atoms with Crippen molar-refractivity contribution < 1.29 is 24.3 Å². The summed E-state index contributed by atoms with van der Waals surface area (Å²) in [5.74, 6) is -0.863. The van der Waals surface area contributed by atoms with E-state index in [0.717, 1.165) is 0 Å². The molecule has 21 heavy (non-hydrogen) atoms. The Hall–Kier alpha value is -2.81. The Morgan fingerprint density at radius 3 is 2.81 bits per heavy atom. The lowest BCUT2D eigenvalue weighted by atomic mass is 10.2. The third kappa shape index (κ3) is 3.83. The van der Waals surface area contributed by atoms with Crippen molar-refractivity contribution in [3.63, 3.8) is 0 Å². The number of nitrogens with zero attached hydrogens (tertiary/aromatic N) is 3. The van der Waals surface area contributed by atoms with Gasteiger partial charge in [-0.05, 0) is 18.2 Å². The Morgan fingerprint density at radius 1 is 1.38 bits per heavy atom. The Kier molecular flexibility index (Phi) is 4.24. The quantitative estimate of drug-likeness (QED) is 0.351. The van der Waals surface area contributed by atoms with E-state index in [4.69, 9.17) is 16.3 Å². The van der Waals surface area contributed by atoms with E-state index in [9.17, 15) is 19.7 Å². The van der Waals surface area contributed by atoms with Gasteiger partial charge in [0.1, 0.15) is 18.1 Å². The average Bonchev–Trinajstić information content (AvgIpc) is 2.78. The highest BCUT2D eigenvalue weighted by molar-refractivity contribution is 6.69. The van der Waals surface area contributed by atoms with Gasteiger partial charge in [-0.3, -0.25) is 0 Å². The molecule has 1 aliphatic rings. The maximum atomic E-state index is 11.9. The first kappa shape index (κ1) is 14.6. The predicted octanol–water partition coefficient (Wildman–Crippen LogP) is 1.47. The lowest BCUT2D eigenvalue weighted by molar-refractivity contribution is -0.753. The SMILES string of the molecule is O=C1N=C(CO[N+](=O)[O-])C(C(=O)Oc2cccc(Cl)c2)=N1. The highest BCUT2D eigenvalue weighted by Crippen LogP contribution is 2.17. The molecule has 10 heteroatoms. The molecule has 0 saturated heterocycles. The van der Waals surface area contributed by atoms with Crippen LogP contribution in [0.25, 0.3) is 0 Å². The smallest absolute Gasteiger partial charge is 0.368 e. The first-order valence-electron chi connectivity index (χ1n) is 5.41. The molecule has 108 valence electrons. The van der Waals surface area contributed by atoms with Gasteiger partial charge in [0.05, 0.1) is 0 Å². The van der Waals surface area contributed by atoms with Crippen LogP contribution < -0.4 is 4.74 Å². The normalized spacial score (nSPS) is 13.5. The van der Waals surface area contributed by atoms with E-state index in [1.165, 1.54) is 12.1 Å². The van der Waals surface area contributed by atoms with Crippen molar-refractivity contribution >= 4 is 35.0 Å². The van der Waals surface area contributed by atoms with Gasteiger partial charge in [0.25, 0.3) is 5.09 Å². The van der Waals surface area contributed by atoms with E-state index in [1.54, 1.807) is 12.1 Å². The van der Waals surface area contributed by atoms with Crippen molar-refractivity contribution in [1.82, 2.24) is 0 Å². The van der Waals surface area contributed by atoms with Crippen LogP contribution in [0.2, 0.25) is 5.02 Å². The highest BCUT2D eigenvalue weighted by atomic mass is 35.5. The number of carbonyl (C=O) groups excluding carboxylic acids is 2. The molecule has 0 N–H and O–H groups in total. The van der Waals surface area contributed by atoms with Crippen molar-refractivity contribution in [3.8, 4) is 5.75 Å². The molecule has 2 rings (SSSR count). The minimum Gasteiger partial charge on any atom is -0.422 e. The number of amides is 2. The van der Waals surface area contributed by atoms with E-state index < -0.39 is 29.4 Å². The van der Waals surface area contributed by atoms with Gasteiger partial charge in [-0.2, -0.15) is 9.98 Å². The molecular formula is C11H6ClN3O6. The van der Waals surface area contributed by atoms with Gasteiger partial charge >= 0.3 is 12.0 Å². The number of ether oxygens (including phenoxy) is 1. The Morgan fingerprint density at radius 2 is 2.14 bits per heavy atom. The molecule has 0 atom stereocenters. The number of carbonyl (C=O) groups is 2. The molecule has 0 aromatic heterocycles. The number of benzene rings is 1. The van der Waals surface area contributed by atoms with Crippen molar-refractivity contribution in [3.05, 3.63) is 39.4 Å². The highest BCUT2D eigenvalue weighted by Gasteiger charge is 2.28. The molecule has 0 radical (unpaired) electrons. The van der Waals surface area contributed by atoms with Gasteiger partial charge < -0.3 is 9.57 Å². The second-order valence-electron chi connectivity index (χ2n) is 3.65. The van der Waals surface area contributed by atoms with Crippen molar-refractivity contribution in [2.75, 3.05) is 6.61 Å². The van der Waals surface area contributed by atoms with E-state index in [1.807, 2.05) is 0 Å². The van der Waals surface area contributed by atoms with Crippen LogP contribution in [-0.4, -0.2) is 35.1 Å². The van der Waals surface area contributed by atoms with E-state index in [0.29, 0.717) is 5.02 Å². The third-order valence-corrected chi connectivity index (χ3v) is 2.45. The van der Waals surface area contributed by atoms with Crippen LogP contribution in [0.5, 0.6) is 5.75 Å². The molecule has 0 bridgehead atoms. The predicted molar refractivity (Wildman–Crippen MR) is 70.3 cm³/mol. The number of hydrogen-bond donors (Lipinski definition) is 0. The average molecular weight is 312 g/mol. The van der Waals surface area contributed by atoms with Gasteiger partial charge in [-0.25, -0.2) is 9.59 Å². The fraction of sp³-hybridized carbons (Fsp3) is 0.0909. The second kappa shape index (κ2) is 6.09. The van der Waals surface area contributed by atoms with Crippen LogP contribution >= 0.6 is 11.6 Å². The standard InChI is InChI=1S/C11H6ClN3O6/c12-6-2-1-3-7(4-6)21-10(16)9-8(5-20-15(18)19)13-11(17)14-9/h1-4H,5H2. The maximum Gasteiger partial charge on any atom is 0.368 e. The molecule has 0 unspecified atom stereocenters. The largest absolute Gasteiger partial charge is 0.422 e. The molecule has 1 aromatic rings. The van der Waals surface area contributed by atoms with Crippen molar-refractivity contribution in [1.29, 1.82) is 0 Å². The molecule has 0 aliphatic carbocycles. The van der Waals surface area contributed by atoms with Crippen LogP contribution in [0, 0.1) is 10.1 Å². The molecule has 9 nitrogen and oxygen atoms in total. The van der Waals surface area contributed by atoms with E-state index in [-0.39, 0.29) is 11.5 Å². The molecular weight excluding hydrogens is 306 g/mol. The zero-order chi connectivity index (χ0) is 15.4. The molecule has 0 spiro atoms. The van der Waals surface area contributed by atoms with Crippen molar-refractivity contribution in [2.45, 2.75) is 0 Å². The fourth-order valence-corrected chi connectivity index (χ4v) is 1.60. The molecule has 1 aromatic carbocycles. The summed E-state index contributed by atoms with van der Waals surface area (Å²) >= 11 is 5.73. The molecule has 2 amide bonds. The number of aliphatic imine (C=N–C) groups is 2. The van der Waals surface area contributed by atoms with Gasteiger partial charge in [0.15, 0.2) is 5.71 Å². The summed E-state index contributed by atoms with van der Waals surface area (Å²) in [5.41, 5.74) is -0.717.